The first-order chi connectivity index (χ1) is 12.3. The summed E-state index contributed by atoms with van der Waals surface area (Å²) in [6.45, 7) is 1.89. The van der Waals surface area contributed by atoms with Gasteiger partial charge in [-0.1, -0.05) is 0 Å². The summed E-state index contributed by atoms with van der Waals surface area (Å²) in [6.07, 6.45) is 0.436. The Morgan fingerprint density at radius 1 is 1.23 bits per heavy atom. The first kappa shape index (κ1) is 20.0. The number of hydrogen-bond donors (Lipinski definition) is 1. The molecule has 1 aromatic rings. The van der Waals surface area contributed by atoms with E-state index in [0.717, 1.165) is 0 Å². The third kappa shape index (κ3) is 4.87. The van der Waals surface area contributed by atoms with Gasteiger partial charge in [0.25, 0.3) is 5.91 Å². The molecule has 0 aliphatic carbocycles. The molecule has 0 radical (unpaired) electrons. The number of hydrogen-bond acceptors (Lipinski definition) is 6. The molecule has 0 saturated carbocycles. The highest BCUT2D eigenvalue weighted by Gasteiger charge is 2.33. The molecule has 0 spiro atoms. The molecule has 0 aromatic heterocycles. The number of benzene rings is 1. The number of carbonyl (C=O) groups excluding carboxylic acids is 2. The summed E-state index contributed by atoms with van der Waals surface area (Å²) in [6, 6.07) is 4.50. The molecule has 1 fully saturated rings. The second-order valence-corrected chi connectivity index (χ2v) is 8.32. The van der Waals surface area contributed by atoms with Crippen molar-refractivity contribution in [3.63, 3.8) is 0 Å². The van der Waals surface area contributed by atoms with Gasteiger partial charge >= 0.3 is 0 Å². The Labute approximate surface area is 153 Å². The number of methoxy groups -OCH3 is 2. The number of nitrogens with zero attached hydrogens (tertiary/aromatic N) is 1. The number of nitrogens with one attached hydrogen (secondary N) is 1. The van der Waals surface area contributed by atoms with Gasteiger partial charge in [0.1, 0.15) is 0 Å². The van der Waals surface area contributed by atoms with Crippen molar-refractivity contribution in [2.24, 2.45) is 0 Å². The van der Waals surface area contributed by atoms with Gasteiger partial charge in [-0.3, -0.25) is 9.59 Å². The molecule has 1 aromatic carbocycles. The second kappa shape index (κ2) is 8.39. The van der Waals surface area contributed by atoms with Crippen molar-refractivity contribution in [2.75, 3.05) is 38.8 Å². The van der Waals surface area contributed by atoms with Crippen LogP contribution in [0.1, 0.15) is 23.7 Å². The van der Waals surface area contributed by atoms with E-state index in [-0.39, 0.29) is 42.5 Å². The standard InChI is InChI=1S/C17H24N2O6S/c1-12(20)19(14-6-9-26(22,23)11-14)8-7-18-17(21)13-4-5-15(24-2)16(10-13)25-3/h4-5,10,14H,6-9,11H2,1-3H3,(H,18,21). The topological polar surface area (TPSA) is 102 Å². The lowest BCUT2D eigenvalue weighted by molar-refractivity contribution is -0.130. The molecule has 1 saturated heterocycles. The van der Waals surface area contributed by atoms with Gasteiger partial charge in [0.2, 0.25) is 5.91 Å². The maximum Gasteiger partial charge on any atom is 0.251 e. The van der Waals surface area contributed by atoms with Crippen LogP contribution in [0.25, 0.3) is 0 Å². The summed E-state index contributed by atoms with van der Waals surface area (Å²) in [4.78, 5) is 25.6. The lowest BCUT2D eigenvalue weighted by atomic mass is 10.2. The Balaban J connectivity index is 1.95. The Morgan fingerprint density at radius 2 is 1.92 bits per heavy atom. The third-order valence-corrected chi connectivity index (χ3v) is 6.09. The van der Waals surface area contributed by atoms with Crippen LogP contribution in [0.15, 0.2) is 18.2 Å². The largest absolute Gasteiger partial charge is 0.493 e. The zero-order valence-corrected chi connectivity index (χ0v) is 16.0. The van der Waals surface area contributed by atoms with Crippen LogP contribution >= 0.6 is 0 Å². The maximum absolute atomic E-state index is 12.3. The molecule has 26 heavy (non-hydrogen) atoms. The Morgan fingerprint density at radius 3 is 2.46 bits per heavy atom. The second-order valence-electron chi connectivity index (χ2n) is 6.09. The fraction of sp³-hybridized carbons (Fsp3) is 0.529. The van der Waals surface area contributed by atoms with E-state index in [9.17, 15) is 18.0 Å². The molecule has 2 amide bonds. The zero-order valence-electron chi connectivity index (χ0n) is 15.1. The van der Waals surface area contributed by atoms with E-state index in [1.54, 1.807) is 18.2 Å². The van der Waals surface area contributed by atoms with E-state index in [0.29, 0.717) is 23.5 Å². The molecule has 144 valence electrons. The van der Waals surface area contributed by atoms with Gasteiger partial charge in [0.05, 0.1) is 25.7 Å². The van der Waals surface area contributed by atoms with Gasteiger partial charge in [-0.05, 0) is 24.6 Å². The van der Waals surface area contributed by atoms with Crippen LogP contribution in [-0.4, -0.2) is 70.0 Å². The van der Waals surface area contributed by atoms with Gasteiger partial charge in [0.15, 0.2) is 21.3 Å². The Hall–Kier alpha value is -2.29. The van der Waals surface area contributed by atoms with Gasteiger partial charge < -0.3 is 19.7 Å². The minimum atomic E-state index is -3.08. The molecule has 9 heteroatoms. The number of sulfone groups is 1. The average Bonchev–Trinajstić information content (AvgIpc) is 2.96. The summed E-state index contributed by atoms with van der Waals surface area (Å²) in [7, 11) is -0.0826. The van der Waals surface area contributed by atoms with Crippen molar-refractivity contribution >= 4 is 21.7 Å². The minimum Gasteiger partial charge on any atom is -0.493 e. The molecular formula is C17H24N2O6S. The van der Waals surface area contributed by atoms with Crippen LogP contribution in [0, 0.1) is 0 Å². The number of ether oxygens (including phenoxy) is 2. The molecular weight excluding hydrogens is 360 g/mol. The molecule has 1 heterocycles. The van der Waals surface area contributed by atoms with E-state index >= 15 is 0 Å². The minimum absolute atomic E-state index is 0.0177. The summed E-state index contributed by atoms with van der Waals surface area (Å²) >= 11 is 0. The van der Waals surface area contributed by atoms with Crippen LogP contribution < -0.4 is 14.8 Å². The molecule has 1 N–H and O–H groups in total. The molecule has 1 unspecified atom stereocenters. The summed E-state index contributed by atoms with van der Waals surface area (Å²) in [5, 5.41) is 2.74. The fourth-order valence-corrected chi connectivity index (χ4v) is 4.72. The normalized spacial score (nSPS) is 18.2. The lowest BCUT2D eigenvalue weighted by Gasteiger charge is -2.27. The van der Waals surface area contributed by atoms with Crippen LogP contribution in [0.4, 0.5) is 0 Å². The summed E-state index contributed by atoms with van der Waals surface area (Å²) in [5.41, 5.74) is 0.403. The Kier molecular flexibility index (Phi) is 6.47. The lowest BCUT2D eigenvalue weighted by Crippen LogP contribution is -2.44. The molecule has 0 bridgehead atoms. The van der Waals surface area contributed by atoms with Gasteiger partial charge in [-0.15, -0.1) is 0 Å². The van der Waals surface area contributed by atoms with Gasteiger partial charge in [0, 0.05) is 31.6 Å². The molecule has 8 nitrogen and oxygen atoms in total. The molecule has 1 atom stereocenters. The third-order valence-electron chi connectivity index (χ3n) is 4.34. The van der Waals surface area contributed by atoms with Crippen LogP contribution in [-0.2, 0) is 14.6 Å². The van der Waals surface area contributed by atoms with Crippen molar-refractivity contribution in [1.82, 2.24) is 10.2 Å². The van der Waals surface area contributed by atoms with Gasteiger partial charge in [-0.25, -0.2) is 8.42 Å². The number of amides is 2. The maximum atomic E-state index is 12.3. The van der Waals surface area contributed by atoms with E-state index in [4.69, 9.17) is 9.47 Å². The quantitative estimate of drug-likeness (QED) is 0.733. The SMILES string of the molecule is COc1ccc(C(=O)NCCN(C(C)=O)C2CCS(=O)(=O)C2)cc1OC. The number of carbonyl (C=O) groups is 2. The molecule has 1 aliphatic rings. The smallest absolute Gasteiger partial charge is 0.251 e. The van der Waals surface area contributed by atoms with Crippen molar-refractivity contribution in [2.45, 2.75) is 19.4 Å². The van der Waals surface area contributed by atoms with E-state index in [1.807, 2.05) is 0 Å². The van der Waals surface area contributed by atoms with Gasteiger partial charge in [-0.2, -0.15) is 0 Å². The highest BCUT2D eigenvalue weighted by Crippen LogP contribution is 2.27. The number of rotatable bonds is 7. The van der Waals surface area contributed by atoms with Crippen molar-refractivity contribution < 1.29 is 27.5 Å². The fourth-order valence-electron chi connectivity index (χ4n) is 2.99. The molecule has 2 rings (SSSR count). The first-order valence-corrected chi connectivity index (χ1v) is 10.1. The monoisotopic (exact) mass is 384 g/mol. The summed E-state index contributed by atoms with van der Waals surface area (Å²) < 4.78 is 33.5. The zero-order chi connectivity index (χ0) is 19.3. The molecule has 1 aliphatic heterocycles. The highest BCUT2D eigenvalue weighted by molar-refractivity contribution is 7.91. The van der Waals surface area contributed by atoms with Crippen molar-refractivity contribution in [1.29, 1.82) is 0 Å². The highest BCUT2D eigenvalue weighted by atomic mass is 32.2. The van der Waals surface area contributed by atoms with Crippen molar-refractivity contribution in [3.8, 4) is 11.5 Å². The van der Waals surface area contributed by atoms with Crippen LogP contribution in [0.5, 0.6) is 11.5 Å². The van der Waals surface area contributed by atoms with Crippen LogP contribution in [0.2, 0.25) is 0 Å². The predicted octanol–water partition coefficient (Wildman–Crippen LogP) is 0.469. The predicted molar refractivity (Wildman–Crippen MR) is 96.3 cm³/mol. The summed E-state index contributed by atoms with van der Waals surface area (Å²) in [5.74, 6) is 0.534. The van der Waals surface area contributed by atoms with Crippen LogP contribution in [0.3, 0.4) is 0 Å². The van der Waals surface area contributed by atoms with E-state index in [2.05, 4.69) is 5.32 Å². The van der Waals surface area contributed by atoms with E-state index < -0.39 is 9.84 Å². The Bertz CT molecular complexity index is 777. The average molecular weight is 384 g/mol. The van der Waals surface area contributed by atoms with Crippen molar-refractivity contribution in [3.05, 3.63) is 23.8 Å². The first-order valence-electron chi connectivity index (χ1n) is 8.25. The van der Waals surface area contributed by atoms with E-state index in [1.165, 1.54) is 26.0 Å².